The lowest BCUT2D eigenvalue weighted by Crippen LogP contribution is -2.42. The molecule has 0 spiro atoms. The number of halogens is 1. The van der Waals surface area contributed by atoms with Crippen LogP contribution < -0.4 is 5.32 Å². The Kier molecular flexibility index (Phi) is 7.26. The van der Waals surface area contributed by atoms with E-state index in [1.54, 1.807) is 0 Å². The smallest absolute Gasteiger partial charge is 0.121 e. The van der Waals surface area contributed by atoms with Gasteiger partial charge in [-0.2, -0.15) is 0 Å². The Bertz CT molecular complexity index is 593. The van der Waals surface area contributed by atoms with E-state index in [1.807, 2.05) is 0 Å². The Morgan fingerprint density at radius 1 is 1.29 bits per heavy atom. The molecule has 0 radical (unpaired) electrons. The van der Waals surface area contributed by atoms with Gasteiger partial charge in [-0.25, -0.2) is 0 Å². The van der Waals surface area contributed by atoms with Gasteiger partial charge in [0, 0.05) is 29.5 Å². The largest absolute Gasteiger partial charge is 0.309 e. The van der Waals surface area contributed by atoms with Gasteiger partial charge < -0.3 is 10.1 Å². The minimum Gasteiger partial charge on any atom is -0.309 e. The van der Waals surface area contributed by atoms with E-state index in [9.17, 15) is 4.79 Å². The van der Waals surface area contributed by atoms with Crippen molar-refractivity contribution in [2.24, 2.45) is 0 Å². The molecule has 0 heterocycles. The second-order valence-electron chi connectivity index (χ2n) is 6.44. The van der Waals surface area contributed by atoms with Crippen molar-refractivity contribution in [3.05, 3.63) is 58.7 Å². The predicted molar refractivity (Wildman–Crippen MR) is 102 cm³/mol. The van der Waals surface area contributed by atoms with Gasteiger partial charge in [0.2, 0.25) is 0 Å². The van der Waals surface area contributed by atoms with E-state index in [-0.39, 0.29) is 11.5 Å². The van der Waals surface area contributed by atoms with Crippen LogP contribution in [0.1, 0.15) is 51.5 Å². The summed E-state index contributed by atoms with van der Waals surface area (Å²) < 4.78 is 0. The summed E-state index contributed by atoms with van der Waals surface area (Å²) in [7, 11) is 0. The van der Waals surface area contributed by atoms with Gasteiger partial charge >= 0.3 is 0 Å². The molecule has 0 fully saturated rings. The summed E-state index contributed by atoms with van der Waals surface area (Å²) in [6.45, 7) is 5.21. The number of rotatable bonds is 9. The maximum atomic E-state index is 10.7. The molecule has 0 bridgehead atoms. The lowest BCUT2D eigenvalue weighted by Gasteiger charge is -2.41. The number of hydrogen-bond donors (Lipinski definition) is 1. The molecule has 0 saturated carbocycles. The molecule has 24 heavy (non-hydrogen) atoms. The van der Waals surface area contributed by atoms with Crippen LogP contribution in [-0.4, -0.2) is 18.9 Å². The highest BCUT2D eigenvalue weighted by Crippen LogP contribution is 2.44. The molecule has 1 aliphatic carbocycles. The number of carbonyl (C=O) groups is 1. The van der Waals surface area contributed by atoms with Crippen molar-refractivity contribution in [3.63, 3.8) is 0 Å². The van der Waals surface area contributed by atoms with Gasteiger partial charge in [0.25, 0.3) is 0 Å². The molecule has 0 saturated heterocycles. The first-order valence-corrected chi connectivity index (χ1v) is 9.36. The Morgan fingerprint density at radius 3 is 2.67 bits per heavy atom. The second-order valence-corrected chi connectivity index (χ2v) is 6.87. The molecule has 3 heteroatoms. The molecule has 1 aromatic rings. The van der Waals surface area contributed by atoms with E-state index in [4.69, 9.17) is 11.6 Å². The fourth-order valence-electron chi connectivity index (χ4n) is 3.87. The molecule has 0 aliphatic heterocycles. The van der Waals surface area contributed by atoms with Crippen LogP contribution in [0.25, 0.3) is 0 Å². The third-order valence-corrected chi connectivity index (χ3v) is 5.29. The van der Waals surface area contributed by atoms with Crippen molar-refractivity contribution < 1.29 is 4.79 Å². The fourth-order valence-corrected chi connectivity index (χ4v) is 4.08. The Morgan fingerprint density at radius 2 is 2.04 bits per heavy atom. The van der Waals surface area contributed by atoms with Crippen molar-refractivity contribution >= 4 is 17.9 Å². The van der Waals surface area contributed by atoms with Crippen LogP contribution in [0.4, 0.5) is 0 Å². The number of benzene rings is 1. The van der Waals surface area contributed by atoms with E-state index >= 15 is 0 Å². The van der Waals surface area contributed by atoms with E-state index in [1.165, 1.54) is 11.1 Å². The highest BCUT2D eigenvalue weighted by molar-refractivity contribution is 6.31. The zero-order valence-electron chi connectivity index (χ0n) is 14.7. The molecule has 1 aromatic carbocycles. The first kappa shape index (κ1) is 19.0. The average Bonchev–Trinajstić information content (AvgIpc) is 2.62. The molecule has 2 atom stereocenters. The first-order valence-electron chi connectivity index (χ1n) is 8.98. The summed E-state index contributed by atoms with van der Waals surface area (Å²) >= 11 is 6.39. The highest BCUT2D eigenvalue weighted by Gasteiger charge is 2.38. The average molecular weight is 346 g/mol. The van der Waals surface area contributed by atoms with Crippen LogP contribution in [-0.2, 0) is 10.2 Å². The molecule has 0 aromatic heterocycles. The standard InChI is InChI=1S/C21H28ClNO/c1-3-13-21(4-2,17-9-6-5-7-10-17)19-16-18(22)11-12-20(19)23-14-8-15-24/h5-7,9-11,15-16,20,23H,3-4,8,12-14H2,1-2H3. The van der Waals surface area contributed by atoms with Gasteiger partial charge in [-0.05, 0) is 36.5 Å². The highest BCUT2D eigenvalue weighted by atomic mass is 35.5. The zero-order chi connectivity index (χ0) is 17.4. The van der Waals surface area contributed by atoms with Gasteiger partial charge in [-0.15, -0.1) is 0 Å². The number of allylic oxidation sites excluding steroid dienone is 2. The van der Waals surface area contributed by atoms with Gasteiger partial charge in [0.05, 0.1) is 0 Å². The van der Waals surface area contributed by atoms with E-state index in [0.29, 0.717) is 13.0 Å². The van der Waals surface area contributed by atoms with Crippen LogP contribution in [0.2, 0.25) is 0 Å². The normalized spacial score (nSPS) is 20.0. The molecule has 0 amide bonds. The Hall–Kier alpha value is -1.38. The predicted octanol–water partition coefficient (Wildman–Crippen LogP) is 5.13. The molecular formula is C21H28ClNO. The lowest BCUT2D eigenvalue weighted by molar-refractivity contribution is -0.107. The van der Waals surface area contributed by atoms with E-state index in [2.05, 4.69) is 61.6 Å². The zero-order valence-corrected chi connectivity index (χ0v) is 15.5. The number of aldehydes is 1. The fraction of sp³-hybridized carbons (Fsp3) is 0.476. The van der Waals surface area contributed by atoms with Crippen molar-refractivity contribution in [1.29, 1.82) is 0 Å². The first-order chi connectivity index (χ1) is 11.7. The second kappa shape index (κ2) is 9.19. The van der Waals surface area contributed by atoms with Crippen LogP contribution in [0.15, 0.2) is 53.1 Å². The van der Waals surface area contributed by atoms with Gasteiger partial charge in [0.1, 0.15) is 6.29 Å². The molecule has 1 N–H and O–H groups in total. The number of nitrogens with one attached hydrogen (secondary N) is 1. The number of hydrogen-bond acceptors (Lipinski definition) is 2. The summed E-state index contributed by atoms with van der Waals surface area (Å²) in [5.74, 6) is 0. The van der Waals surface area contributed by atoms with Crippen LogP contribution in [0, 0.1) is 0 Å². The molecule has 1 aliphatic rings. The third kappa shape index (κ3) is 4.17. The molecule has 130 valence electrons. The van der Waals surface area contributed by atoms with Gasteiger partial charge in [-0.1, -0.05) is 68.3 Å². The van der Waals surface area contributed by atoms with Crippen molar-refractivity contribution in [3.8, 4) is 0 Å². The van der Waals surface area contributed by atoms with Crippen LogP contribution >= 0.6 is 11.6 Å². The van der Waals surface area contributed by atoms with E-state index in [0.717, 1.165) is 37.0 Å². The summed E-state index contributed by atoms with van der Waals surface area (Å²) in [6, 6.07) is 11.0. The summed E-state index contributed by atoms with van der Waals surface area (Å²) in [6.07, 6.45) is 9.85. The minimum atomic E-state index is -0.0107. The third-order valence-electron chi connectivity index (χ3n) is 5.03. The SMILES string of the molecule is CCCC(CC)(C1=CC(Cl)=CCC1NCCC=O)c1ccccc1. The lowest BCUT2D eigenvalue weighted by atomic mass is 9.65. The summed E-state index contributed by atoms with van der Waals surface area (Å²) in [5.41, 5.74) is 2.70. The number of carbonyl (C=O) groups excluding carboxylic acids is 1. The summed E-state index contributed by atoms with van der Waals surface area (Å²) in [4.78, 5) is 10.7. The maximum absolute atomic E-state index is 10.7. The topological polar surface area (TPSA) is 29.1 Å². The molecule has 2 nitrogen and oxygen atoms in total. The van der Waals surface area contributed by atoms with Crippen molar-refractivity contribution in [1.82, 2.24) is 5.32 Å². The summed E-state index contributed by atoms with van der Waals surface area (Å²) in [5, 5.41) is 4.38. The van der Waals surface area contributed by atoms with Gasteiger partial charge in [-0.3, -0.25) is 0 Å². The van der Waals surface area contributed by atoms with Crippen LogP contribution in [0.5, 0.6) is 0 Å². The molecule has 2 unspecified atom stereocenters. The van der Waals surface area contributed by atoms with E-state index < -0.39 is 0 Å². The van der Waals surface area contributed by atoms with Crippen molar-refractivity contribution in [2.75, 3.05) is 6.54 Å². The quantitative estimate of drug-likeness (QED) is 0.496. The molecule has 2 rings (SSSR count). The van der Waals surface area contributed by atoms with Crippen LogP contribution in [0.3, 0.4) is 0 Å². The van der Waals surface area contributed by atoms with Crippen molar-refractivity contribution in [2.45, 2.75) is 57.4 Å². The Balaban J connectivity index is 2.44. The van der Waals surface area contributed by atoms with Gasteiger partial charge in [0.15, 0.2) is 0 Å². The minimum absolute atomic E-state index is 0.0107. The monoisotopic (exact) mass is 345 g/mol. The maximum Gasteiger partial charge on any atom is 0.121 e. The molecular weight excluding hydrogens is 318 g/mol. The Labute approximate surface area is 151 Å².